The fourth-order valence-electron chi connectivity index (χ4n) is 2.35. The summed E-state index contributed by atoms with van der Waals surface area (Å²) in [4.78, 5) is 11.9. The number of nitrogens with zero attached hydrogens (tertiary/aromatic N) is 2. The molecule has 1 heterocycles. The summed E-state index contributed by atoms with van der Waals surface area (Å²) in [6, 6.07) is 12.3. The van der Waals surface area contributed by atoms with Crippen LogP contribution in [0.3, 0.4) is 0 Å². The number of aromatic hydroxyl groups is 1. The minimum absolute atomic E-state index is 0.0285. The van der Waals surface area contributed by atoms with Crippen LogP contribution in [0.1, 0.15) is 24.3 Å². The highest BCUT2D eigenvalue weighted by molar-refractivity contribution is 9.10. The molecule has 2 aromatic carbocycles. The molecule has 0 fully saturated rings. The first-order valence-corrected chi connectivity index (χ1v) is 7.97. The van der Waals surface area contributed by atoms with Crippen molar-refractivity contribution in [3.8, 4) is 11.5 Å². The van der Waals surface area contributed by atoms with E-state index in [4.69, 9.17) is 9.47 Å². The van der Waals surface area contributed by atoms with Crippen molar-refractivity contribution in [1.82, 2.24) is 5.01 Å². The van der Waals surface area contributed by atoms with Crippen molar-refractivity contribution in [1.29, 1.82) is 0 Å². The minimum atomic E-state index is -0.738. The highest BCUT2D eigenvalue weighted by Gasteiger charge is 2.33. The number of hydrazone groups is 1. The number of ether oxygens (including phenoxy) is 2. The molecule has 124 valence electrons. The number of methoxy groups -OCH3 is 1. The third-order valence-corrected chi connectivity index (χ3v) is 4.07. The molecule has 6 nitrogen and oxygen atoms in total. The molecule has 0 spiro atoms. The Morgan fingerprint density at radius 2 is 2.00 bits per heavy atom. The van der Waals surface area contributed by atoms with E-state index in [1.807, 2.05) is 24.3 Å². The van der Waals surface area contributed by atoms with Crippen molar-refractivity contribution in [3.05, 3.63) is 58.1 Å². The summed E-state index contributed by atoms with van der Waals surface area (Å²) in [5.41, 5.74) is 1.35. The van der Waals surface area contributed by atoms with Gasteiger partial charge in [-0.1, -0.05) is 15.9 Å². The van der Waals surface area contributed by atoms with Gasteiger partial charge in [-0.05, 0) is 42.5 Å². The zero-order valence-electron chi connectivity index (χ0n) is 13.1. The van der Waals surface area contributed by atoms with Gasteiger partial charge in [-0.2, -0.15) is 5.01 Å². The van der Waals surface area contributed by atoms with Gasteiger partial charge in [0, 0.05) is 22.5 Å². The molecular weight excluding hydrogens is 376 g/mol. The lowest BCUT2D eigenvalue weighted by Gasteiger charge is -2.19. The van der Waals surface area contributed by atoms with E-state index >= 15 is 0 Å². The van der Waals surface area contributed by atoms with Crippen LogP contribution in [-0.4, -0.2) is 29.0 Å². The lowest BCUT2D eigenvalue weighted by atomic mass is 10.1. The third kappa shape index (κ3) is 3.07. The quantitative estimate of drug-likeness (QED) is 0.871. The molecule has 3 rings (SSSR count). The maximum atomic E-state index is 11.9. The van der Waals surface area contributed by atoms with Crippen molar-refractivity contribution < 1.29 is 19.4 Å². The Labute approximate surface area is 147 Å². The number of hydrogen-bond acceptors (Lipinski definition) is 5. The zero-order chi connectivity index (χ0) is 17.3. The molecule has 0 aromatic heterocycles. The van der Waals surface area contributed by atoms with Crippen LogP contribution in [-0.2, 0) is 9.53 Å². The molecule has 2 aromatic rings. The van der Waals surface area contributed by atoms with Gasteiger partial charge in [0.05, 0.1) is 7.11 Å². The number of amides is 1. The number of rotatable bonds is 3. The topological polar surface area (TPSA) is 71.4 Å². The van der Waals surface area contributed by atoms with Crippen molar-refractivity contribution in [2.75, 3.05) is 7.11 Å². The summed E-state index contributed by atoms with van der Waals surface area (Å²) < 4.78 is 11.8. The Kier molecular flexibility index (Phi) is 4.44. The van der Waals surface area contributed by atoms with Gasteiger partial charge >= 0.3 is 0 Å². The van der Waals surface area contributed by atoms with Crippen LogP contribution in [0.15, 0.2) is 52.0 Å². The summed E-state index contributed by atoms with van der Waals surface area (Å²) >= 11 is 3.37. The van der Waals surface area contributed by atoms with Crippen LogP contribution in [0.4, 0.5) is 0 Å². The van der Waals surface area contributed by atoms with Crippen LogP contribution in [0.25, 0.3) is 0 Å². The zero-order valence-corrected chi connectivity index (χ0v) is 14.6. The van der Waals surface area contributed by atoms with Crippen LogP contribution < -0.4 is 4.74 Å². The second kappa shape index (κ2) is 6.52. The van der Waals surface area contributed by atoms with E-state index in [2.05, 4.69) is 21.0 Å². The first kappa shape index (κ1) is 16.3. The Balaban J connectivity index is 1.93. The van der Waals surface area contributed by atoms with Gasteiger partial charge in [-0.3, -0.25) is 4.79 Å². The summed E-state index contributed by atoms with van der Waals surface area (Å²) in [6.07, 6.45) is -0.738. The van der Waals surface area contributed by atoms with Gasteiger partial charge in [0.1, 0.15) is 0 Å². The van der Waals surface area contributed by atoms with Crippen molar-refractivity contribution in [2.45, 2.75) is 13.2 Å². The monoisotopic (exact) mass is 390 g/mol. The molecule has 0 radical (unpaired) electrons. The molecule has 0 saturated carbocycles. The maximum Gasteiger partial charge on any atom is 0.243 e. The number of carbonyl (C=O) groups is 1. The van der Waals surface area contributed by atoms with Crippen LogP contribution in [0, 0.1) is 0 Å². The Morgan fingerprint density at radius 1 is 1.29 bits per heavy atom. The average molecular weight is 391 g/mol. The molecular formula is C17H15BrN2O4. The van der Waals surface area contributed by atoms with Crippen molar-refractivity contribution in [2.24, 2.45) is 5.10 Å². The van der Waals surface area contributed by atoms with Gasteiger partial charge in [0.25, 0.3) is 0 Å². The minimum Gasteiger partial charge on any atom is -0.504 e. The van der Waals surface area contributed by atoms with E-state index in [9.17, 15) is 9.90 Å². The fourth-order valence-corrected chi connectivity index (χ4v) is 2.62. The number of carbonyl (C=O) groups excluding carboxylic acids is 1. The summed E-state index contributed by atoms with van der Waals surface area (Å²) in [6.45, 7) is 1.41. The van der Waals surface area contributed by atoms with E-state index in [-0.39, 0.29) is 11.7 Å². The molecule has 7 heteroatoms. The molecule has 1 atom stereocenters. The van der Waals surface area contributed by atoms with Gasteiger partial charge in [-0.15, -0.1) is 5.10 Å². The number of benzene rings is 2. The predicted molar refractivity (Wildman–Crippen MR) is 91.7 cm³/mol. The summed E-state index contributed by atoms with van der Waals surface area (Å²) in [5.74, 6) is 0.403. The molecule has 0 unspecified atom stereocenters. The Hall–Kier alpha value is -2.54. The molecule has 1 N–H and O–H groups in total. The normalized spacial score (nSPS) is 16.5. The Morgan fingerprint density at radius 3 is 2.58 bits per heavy atom. The van der Waals surface area contributed by atoms with Gasteiger partial charge < -0.3 is 14.6 Å². The standard InChI is InChI=1S/C17H15BrN2O4/c1-10(21)20-17(12-5-8-15(23-2)14(22)9-12)24-16(19-20)11-3-6-13(18)7-4-11/h3-9,17,22H,1-2H3/t17-/m0/s1. The Bertz CT molecular complexity index is 805. The number of halogens is 1. The highest BCUT2D eigenvalue weighted by Crippen LogP contribution is 2.35. The van der Waals surface area contributed by atoms with E-state index in [0.29, 0.717) is 17.2 Å². The summed E-state index contributed by atoms with van der Waals surface area (Å²) in [7, 11) is 1.47. The molecule has 0 aliphatic carbocycles. The first-order chi connectivity index (χ1) is 11.5. The van der Waals surface area contributed by atoms with Crippen molar-refractivity contribution in [3.63, 3.8) is 0 Å². The van der Waals surface area contributed by atoms with Crippen LogP contribution in [0.2, 0.25) is 0 Å². The number of hydrogen-bond donors (Lipinski definition) is 1. The molecule has 0 bridgehead atoms. The largest absolute Gasteiger partial charge is 0.504 e. The van der Waals surface area contributed by atoms with Crippen LogP contribution >= 0.6 is 15.9 Å². The van der Waals surface area contributed by atoms with Gasteiger partial charge in [0.15, 0.2) is 11.5 Å². The van der Waals surface area contributed by atoms with Crippen LogP contribution in [0.5, 0.6) is 11.5 Å². The predicted octanol–water partition coefficient (Wildman–Crippen LogP) is 3.40. The second-order valence-electron chi connectivity index (χ2n) is 5.18. The molecule has 1 amide bonds. The number of phenolic OH excluding ortho intramolecular Hbond substituents is 1. The molecule has 1 aliphatic heterocycles. The smallest absolute Gasteiger partial charge is 0.243 e. The van der Waals surface area contributed by atoms with Crippen molar-refractivity contribution >= 4 is 27.7 Å². The van der Waals surface area contributed by atoms with E-state index in [1.54, 1.807) is 12.1 Å². The maximum absolute atomic E-state index is 11.9. The van der Waals surface area contributed by atoms with Gasteiger partial charge in [0.2, 0.25) is 18.0 Å². The summed E-state index contributed by atoms with van der Waals surface area (Å²) in [5, 5.41) is 15.5. The highest BCUT2D eigenvalue weighted by atomic mass is 79.9. The first-order valence-electron chi connectivity index (χ1n) is 7.17. The molecule has 24 heavy (non-hydrogen) atoms. The molecule has 0 saturated heterocycles. The molecule has 1 aliphatic rings. The fraction of sp³-hybridized carbons (Fsp3) is 0.176. The van der Waals surface area contributed by atoms with E-state index in [0.717, 1.165) is 10.0 Å². The lowest BCUT2D eigenvalue weighted by Crippen LogP contribution is -2.25. The van der Waals surface area contributed by atoms with Gasteiger partial charge in [-0.25, -0.2) is 0 Å². The average Bonchev–Trinajstić information content (AvgIpc) is 3.01. The van der Waals surface area contributed by atoms with E-state index in [1.165, 1.54) is 25.1 Å². The second-order valence-corrected chi connectivity index (χ2v) is 6.09. The third-order valence-electron chi connectivity index (χ3n) is 3.55. The SMILES string of the molecule is COc1ccc([C@@H]2OC(c3ccc(Br)cc3)=NN2C(C)=O)cc1O. The number of phenols is 1. The van der Waals surface area contributed by atoms with E-state index < -0.39 is 6.23 Å². The lowest BCUT2D eigenvalue weighted by molar-refractivity contribution is -0.135.